The Bertz CT molecular complexity index is 1470. The first kappa shape index (κ1) is 61.3. The molecular formula is C56H114O5Si4. The van der Waals surface area contributed by atoms with Gasteiger partial charge in [0.05, 0.1) is 17.8 Å². The largest absolute Gasteiger partial charge is 0.417 e. The molecule has 2 aliphatic rings. The topological polar surface area (TPSA) is 46.2 Å². The number of hydrogen-bond acceptors (Lipinski definition) is 5. The van der Waals surface area contributed by atoms with E-state index >= 15 is 0 Å². The Balaban J connectivity index is 2.47. The second-order valence-electron chi connectivity index (χ2n) is 26.7. The first-order valence-electron chi connectivity index (χ1n) is 27.3. The fraction of sp³-hybridized carbons (Fsp3) is 0.929. The van der Waals surface area contributed by atoms with Crippen LogP contribution in [0.25, 0.3) is 0 Å². The first-order chi connectivity index (χ1) is 29.6. The Kier molecular flexibility index (Phi) is 23.1. The molecule has 0 radical (unpaired) electrons. The van der Waals surface area contributed by atoms with Gasteiger partial charge in [-0.25, -0.2) is 0 Å². The van der Waals surface area contributed by atoms with Crippen LogP contribution < -0.4 is 0 Å². The fourth-order valence-corrected chi connectivity index (χ4v) is 17.7. The third kappa shape index (κ3) is 16.9. The van der Waals surface area contributed by atoms with Gasteiger partial charge in [-0.1, -0.05) is 147 Å². The summed E-state index contributed by atoms with van der Waals surface area (Å²) in [5, 5.41) is 0.364. The molecule has 3 unspecified atom stereocenters. The highest BCUT2D eigenvalue weighted by Crippen LogP contribution is 2.60. The van der Waals surface area contributed by atoms with Crippen LogP contribution in [0, 0.1) is 23.2 Å². The predicted octanol–water partition coefficient (Wildman–Crippen LogP) is 18.5. The molecule has 2 aliphatic carbocycles. The van der Waals surface area contributed by atoms with Gasteiger partial charge >= 0.3 is 0 Å². The molecule has 0 spiro atoms. The number of hydrogen-bond donors (Lipinski definition) is 0. The van der Waals surface area contributed by atoms with Crippen molar-refractivity contribution in [2.24, 2.45) is 23.2 Å². The maximum atomic E-state index is 7.60. The van der Waals surface area contributed by atoms with Gasteiger partial charge in [0.1, 0.15) is 6.10 Å². The van der Waals surface area contributed by atoms with Crippen molar-refractivity contribution in [3.63, 3.8) is 0 Å². The van der Waals surface area contributed by atoms with Gasteiger partial charge in [-0.15, -0.1) is 0 Å². The fourth-order valence-electron chi connectivity index (χ4n) is 10.7. The molecule has 9 heteroatoms. The van der Waals surface area contributed by atoms with Gasteiger partial charge in [0.2, 0.25) is 0 Å². The molecule has 2 rings (SSSR count). The minimum Gasteiger partial charge on any atom is -0.417 e. The molecule has 0 heterocycles. The van der Waals surface area contributed by atoms with Crippen LogP contribution in [0.2, 0.25) is 72.5 Å². The normalized spacial score (nSPS) is 23.8. The van der Waals surface area contributed by atoms with Crippen molar-refractivity contribution in [3.05, 3.63) is 23.3 Å². The maximum Gasteiger partial charge on any atom is 0.192 e. The number of ether oxygens (including phenoxy) is 1. The molecule has 5 nitrogen and oxygen atoms in total. The Hall–Kier alpha value is 0.148. The highest BCUT2D eigenvalue weighted by molar-refractivity contribution is 6.75. The molecule has 65 heavy (non-hydrogen) atoms. The number of rotatable bonds is 27. The van der Waals surface area contributed by atoms with E-state index in [9.17, 15) is 0 Å². The third-order valence-corrected chi connectivity index (χ3v) is 36.9. The molecule has 2 fully saturated rings. The molecule has 0 amide bonds. The monoisotopic (exact) mass is 979 g/mol. The van der Waals surface area contributed by atoms with Crippen LogP contribution in [-0.2, 0) is 22.4 Å². The predicted molar refractivity (Wildman–Crippen MR) is 297 cm³/mol. The standard InChI is InChI=1S/C56H114O5Si4/c1-25-45(35-36-46-34-31-40-56(18)47(37-38-48(46)56)44(6)33-30-39-55(16,17)61-65(27-3,28-4)29-5)43-50(60-64(23,24)54(13,14)15)51(49(26-2)59-63(21,22)53(10,11)12)57-41-32-42-58-62(19,20)52(7,8)9/h35-36,44,47-51H,25-34,37-43H2,1-24H3/b45-35+,46-36+/t44-,47-,48?,49?,50?,51+,56-/m1/s1. The van der Waals surface area contributed by atoms with Crippen molar-refractivity contribution < 1.29 is 22.4 Å². The van der Waals surface area contributed by atoms with Gasteiger partial charge in [0.15, 0.2) is 33.3 Å². The van der Waals surface area contributed by atoms with Crippen LogP contribution in [0.3, 0.4) is 0 Å². The summed E-state index contributed by atoms with van der Waals surface area (Å²) in [6.07, 6.45) is 18.9. The van der Waals surface area contributed by atoms with E-state index in [4.69, 9.17) is 22.4 Å². The van der Waals surface area contributed by atoms with Gasteiger partial charge < -0.3 is 22.4 Å². The van der Waals surface area contributed by atoms with E-state index in [-0.39, 0.29) is 39.0 Å². The highest BCUT2D eigenvalue weighted by Gasteiger charge is 2.51. The van der Waals surface area contributed by atoms with Gasteiger partial charge in [0.25, 0.3) is 0 Å². The Morgan fingerprint density at radius 3 is 1.75 bits per heavy atom. The van der Waals surface area contributed by atoms with Crippen molar-refractivity contribution in [1.29, 1.82) is 0 Å². The summed E-state index contributed by atoms with van der Waals surface area (Å²) in [5.74, 6) is 2.23. The maximum absolute atomic E-state index is 7.60. The van der Waals surface area contributed by atoms with Gasteiger partial charge in [-0.3, -0.25) is 0 Å². The Labute approximate surface area is 411 Å². The molecular weight excluding hydrogens is 865 g/mol. The van der Waals surface area contributed by atoms with Crippen LogP contribution in [-0.4, -0.2) is 70.4 Å². The SMILES string of the molecule is CC/C(=C\C=C1/CCC[C@@]2(C)C1CC[C@@H]2[C@H](C)CCCC(C)(C)O[Si](CC)(CC)CC)CC(O[Si](C)(C)C(C)(C)C)[C@@H](OCCCO[Si](C)(C)C(C)(C)C)C(CC)O[Si](C)(C)C(C)(C)C. The molecule has 0 N–H and O–H groups in total. The number of fused-ring (bicyclic) bond motifs is 1. The lowest BCUT2D eigenvalue weighted by molar-refractivity contribution is -0.0928. The van der Waals surface area contributed by atoms with Crippen LogP contribution in [0.1, 0.15) is 202 Å². The lowest BCUT2D eigenvalue weighted by Gasteiger charge is -2.46. The zero-order valence-corrected chi connectivity index (χ0v) is 52.2. The molecule has 0 aromatic heterocycles. The van der Waals surface area contributed by atoms with Crippen LogP contribution >= 0.6 is 0 Å². The minimum absolute atomic E-state index is 0.0180. The molecule has 0 aromatic rings. The van der Waals surface area contributed by atoms with E-state index in [1.807, 2.05) is 0 Å². The summed E-state index contributed by atoms with van der Waals surface area (Å²) in [6, 6.07) is 3.69. The molecule has 0 aliphatic heterocycles. The van der Waals surface area contributed by atoms with Crippen molar-refractivity contribution in [1.82, 2.24) is 0 Å². The quantitative estimate of drug-likeness (QED) is 0.0606. The van der Waals surface area contributed by atoms with Crippen LogP contribution in [0.5, 0.6) is 0 Å². The van der Waals surface area contributed by atoms with E-state index in [1.54, 1.807) is 5.57 Å². The Morgan fingerprint density at radius 1 is 0.723 bits per heavy atom. The second-order valence-corrected chi connectivity index (χ2v) is 45.7. The van der Waals surface area contributed by atoms with Crippen LogP contribution in [0.15, 0.2) is 23.3 Å². The van der Waals surface area contributed by atoms with Crippen molar-refractivity contribution in [2.45, 2.75) is 298 Å². The van der Waals surface area contributed by atoms with Gasteiger partial charge in [0, 0.05) is 13.2 Å². The second kappa shape index (κ2) is 24.5. The zero-order chi connectivity index (χ0) is 50.1. The van der Waals surface area contributed by atoms with Gasteiger partial charge in [-0.2, -0.15) is 0 Å². The zero-order valence-electron chi connectivity index (χ0n) is 48.2. The molecule has 384 valence electrons. The third-order valence-electron chi connectivity index (χ3n) is 18.5. The van der Waals surface area contributed by atoms with Crippen molar-refractivity contribution in [2.75, 3.05) is 13.2 Å². The lowest BCUT2D eigenvalue weighted by Crippen LogP contribution is -2.54. The molecule has 0 saturated heterocycles. The van der Waals surface area contributed by atoms with Crippen molar-refractivity contribution >= 4 is 33.3 Å². The van der Waals surface area contributed by atoms with E-state index in [0.717, 1.165) is 44.1 Å². The summed E-state index contributed by atoms with van der Waals surface area (Å²) >= 11 is 0. The van der Waals surface area contributed by atoms with Gasteiger partial charge in [-0.05, 0) is 174 Å². The van der Waals surface area contributed by atoms with Crippen molar-refractivity contribution in [3.8, 4) is 0 Å². The summed E-state index contributed by atoms with van der Waals surface area (Å²) in [6.45, 7) is 58.6. The molecule has 0 bridgehead atoms. The first-order valence-corrected chi connectivity index (χ1v) is 38.6. The molecule has 0 aromatic carbocycles. The average molecular weight is 980 g/mol. The van der Waals surface area contributed by atoms with Crippen LogP contribution in [0.4, 0.5) is 0 Å². The summed E-state index contributed by atoms with van der Waals surface area (Å²) in [4.78, 5) is 0. The summed E-state index contributed by atoms with van der Waals surface area (Å²) in [7, 11) is -7.77. The molecule has 7 atom stereocenters. The van der Waals surface area contributed by atoms with E-state index in [1.165, 1.54) is 75.1 Å². The average Bonchev–Trinajstić information content (AvgIpc) is 3.55. The minimum atomic E-state index is -2.19. The molecule has 2 saturated carbocycles. The Morgan fingerprint density at radius 2 is 1.26 bits per heavy atom. The van der Waals surface area contributed by atoms with E-state index < -0.39 is 33.3 Å². The van der Waals surface area contributed by atoms with E-state index in [2.05, 4.69) is 176 Å². The lowest BCUT2D eigenvalue weighted by atomic mass is 9.60. The summed E-state index contributed by atoms with van der Waals surface area (Å²) in [5.41, 5.74) is 3.55. The smallest absolute Gasteiger partial charge is 0.192 e. The number of allylic oxidation sites excluding steroid dienone is 3. The highest BCUT2D eigenvalue weighted by atomic mass is 28.4. The van der Waals surface area contributed by atoms with E-state index in [0.29, 0.717) is 17.9 Å². The summed E-state index contributed by atoms with van der Waals surface area (Å²) < 4.78 is 35.8.